The molecule has 0 spiro atoms. The quantitative estimate of drug-likeness (QED) is 0.529. The topological polar surface area (TPSA) is 43.4 Å². The third-order valence-electron chi connectivity index (χ3n) is 1.73. The molecular weight excluding hydrogens is 213 g/mol. The number of esters is 1. The molecule has 0 aliphatic rings. The summed E-state index contributed by atoms with van der Waals surface area (Å²) in [6, 6.07) is 0. The molecule has 86 valence electrons. The van der Waals surface area contributed by atoms with Gasteiger partial charge in [0.2, 0.25) is 5.78 Å². The van der Waals surface area contributed by atoms with Crippen LogP contribution >= 0.6 is 0 Å². The van der Waals surface area contributed by atoms with Crippen LogP contribution in [0.4, 0.5) is 13.2 Å². The predicted octanol–water partition coefficient (Wildman–Crippen LogP) is 1.87. The maximum absolute atomic E-state index is 11.9. The number of hydrogen-bond donors (Lipinski definition) is 0. The van der Waals surface area contributed by atoms with E-state index in [1.807, 2.05) is 0 Å². The number of Topliss-reactive ketones (excluding diaryl/α,β-unsaturated/α-hetero) is 1. The summed E-state index contributed by atoms with van der Waals surface area (Å²) < 4.78 is 39.9. The van der Waals surface area contributed by atoms with Crippen molar-refractivity contribution in [3.63, 3.8) is 0 Å². The maximum Gasteiger partial charge on any atom is 0.449 e. The molecule has 3 nitrogen and oxygen atoms in total. The van der Waals surface area contributed by atoms with Gasteiger partial charge in [-0.3, -0.25) is 9.59 Å². The van der Waals surface area contributed by atoms with Crippen molar-refractivity contribution in [3.05, 3.63) is 12.7 Å². The van der Waals surface area contributed by atoms with Crippen LogP contribution < -0.4 is 0 Å². The standard InChI is InChI=1S/C9H11F3O3/c1-3-4-6(8(14)15-2)5-7(13)9(10,11)12/h3,6H,1,4-5H2,2H3/t6-/m1/s1. The van der Waals surface area contributed by atoms with Crippen LogP contribution in [0.3, 0.4) is 0 Å². The van der Waals surface area contributed by atoms with Crippen molar-refractivity contribution in [1.82, 2.24) is 0 Å². The lowest BCUT2D eigenvalue weighted by atomic mass is 9.99. The molecule has 0 aromatic carbocycles. The second kappa shape index (κ2) is 5.53. The molecule has 0 rings (SSSR count). The average Bonchev–Trinajstić information content (AvgIpc) is 2.14. The van der Waals surface area contributed by atoms with E-state index in [2.05, 4.69) is 11.3 Å². The first-order valence-electron chi connectivity index (χ1n) is 4.11. The monoisotopic (exact) mass is 224 g/mol. The molecular formula is C9H11F3O3. The van der Waals surface area contributed by atoms with Gasteiger partial charge < -0.3 is 4.74 Å². The summed E-state index contributed by atoms with van der Waals surface area (Å²) in [5, 5.41) is 0. The first-order valence-corrected chi connectivity index (χ1v) is 4.11. The van der Waals surface area contributed by atoms with Gasteiger partial charge in [-0.2, -0.15) is 13.2 Å². The molecule has 6 heteroatoms. The molecule has 0 aromatic heterocycles. The van der Waals surface area contributed by atoms with Gasteiger partial charge in [-0.05, 0) is 6.42 Å². The Morgan fingerprint density at radius 2 is 2.00 bits per heavy atom. The molecule has 0 radical (unpaired) electrons. The predicted molar refractivity (Wildman–Crippen MR) is 46.0 cm³/mol. The van der Waals surface area contributed by atoms with Gasteiger partial charge in [0.25, 0.3) is 0 Å². The Morgan fingerprint density at radius 1 is 1.47 bits per heavy atom. The lowest BCUT2D eigenvalue weighted by Crippen LogP contribution is -2.28. The van der Waals surface area contributed by atoms with Crippen molar-refractivity contribution in [2.45, 2.75) is 19.0 Å². The van der Waals surface area contributed by atoms with Gasteiger partial charge in [0, 0.05) is 6.42 Å². The van der Waals surface area contributed by atoms with Crippen LogP contribution in [0, 0.1) is 5.92 Å². The molecule has 15 heavy (non-hydrogen) atoms. The van der Waals surface area contributed by atoms with Gasteiger partial charge in [-0.15, -0.1) is 6.58 Å². The number of rotatable bonds is 5. The van der Waals surface area contributed by atoms with E-state index >= 15 is 0 Å². The van der Waals surface area contributed by atoms with Crippen LogP contribution in [0.2, 0.25) is 0 Å². The molecule has 0 heterocycles. The van der Waals surface area contributed by atoms with Gasteiger partial charge in [-0.1, -0.05) is 6.08 Å². The molecule has 0 aliphatic heterocycles. The lowest BCUT2D eigenvalue weighted by Gasteiger charge is -2.12. The minimum absolute atomic E-state index is 0.0194. The largest absolute Gasteiger partial charge is 0.469 e. The number of ketones is 1. The molecule has 0 saturated heterocycles. The Kier molecular flexibility index (Phi) is 5.04. The molecule has 0 aliphatic carbocycles. The summed E-state index contributed by atoms with van der Waals surface area (Å²) in [7, 11) is 1.05. The van der Waals surface area contributed by atoms with E-state index in [1.54, 1.807) is 0 Å². The smallest absolute Gasteiger partial charge is 0.449 e. The van der Waals surface area contributed by atoms with Crippen molar-refractivity contribution >= 4 is 11.8 Å². The molecule has 0 saturated carbocycles. The van der Waals surface area contributed by atoms with Crippen LogP contribution in [0.25, 0.3) is 0 Å². The summed E-state index contributed by atoms with van der Waals surface area (Å²) in [6.07, 6.45) is -4.56. The van der Waals surface area contributed by atoms with Crippen LogP contribution in [-0.4, -0.2) is 25.0 Å². The second-order valence-corrected chi connectivity index (χ2v) is 2.87. The molecule has 0 N–H and O–H groups in total. The molecule has 0 amide bonds. The Bertz CT molecular complexity index is 258. The zero-order valence-corrected chi connectivity index (χ0v) is 8.13. The van der Waals surface area contributed by atoms with Crippen molar-refractivity contribution in [1.29, 1.82) is 0 Å². The van der Waals surface area contributed by atoms with E-state index in [0.717, 1.165) is 7.11 Å². The molecule has 0 fully saturated rings. The Labute approximate surface area is 84.9 Å². The number of hydrogen-bond acceptors (Lipinski definition) is 3. The lowest BCUT2D eigenvalue weighted by molar-refractivity contribution is -0.173. The van der Waals surface area contributed by atoms with E-state index in [-0.39, 0.29) is 6.42 Å². The number of alkyl halides is 3. The van der Waals surface area contributed by atoms with Gasteiger partial charge in [0.05, 0.1) is 13.0 Å². The van der Waals surface area contributed by atoms with Crippen molar-refractivity contribution in [2.24, 2.45) is 5.92 Å². The number of ether oxygens (including phenoxy) is 1. The third-order valence-corrected chi connectivity index (χ3v) is 1.73. The van der Waals surface area contributed by atoms with Gasteiger partial charge >= 0.3 is 12.1 Å². The highest BCUT2D eigenvalue weighted by atomic mass is 19.4. The normalized spacial score (nSPS) is 13.1. The number of carbonyl (C=O) groups is 2. The highest BCUT2D eigenvalue weighted by molar-refractivity contribution is 5.88. The third kappa shape index (κ3) is 4.62. The molecule has 0 unspecified atom stereocenters. The summed E-state index contributed by atoms with van der Waals surface area (Å²) >= 11 is 0. The van der Waals surface area contributed by atoms with E-state index in [9.17, 15) is 22.8 Å². The average molecular weight is 224 g/mol. The van der Waals surface area contributed by atoms with Gasteiger partial charge in [0.15, 0.2) is 0 Å². The Morgan fingerprint density at radius 3 is 2.33 bits per heavy atom. The number of halogens is 3. The van der Waals surface area contributed by atoms with Crippen LogP contribution in [0.1, 0.15) is 12.8 Å². The molecule has 0 aromatic rings. The van der Waals surface area contributed by atoms with Crippen molar-refractivity contribution in [3.8, 4) is 0 Å². The van der Waals surface area contributed by atoms with Crippen LogP contribution in [0.15, 0.2) is 12.7 Å². The zero-order valence-electron chi connectivity index (χ0n) is 8.13. The van der Waals surface area contributed by atoms with Crippen LogP contribution in [-0.2, 0) is 14.3 Å². The highest BCUT2D eigenvalue weighted by Crippen LogP contribution is 2.22. The maximum atomic E-state index is 11.9. The number of allylic oxidation sites excluding steroid dienone is 1. The van der Waals surface area contributed by atoms with Crippen LogP contribution in [0.5, 0.6) is 0 Å². The van der Waals surface area contributed by atoms with E-state index < -0.39 is 30.3 Å². The van der Waals surface area contributed by atoms with Gasteiger partial charge in [0.1, 0.15) is 0 Å². The van der Waals surface area contributed by atoms with Crippen molar-refractivity contribution < 1.29 is 27.5 Å². The van der Waals surface area contributed by atoms with E-state index in [0.29, 0.717) is 0 Å². The summed E-state index contributed by atoms with van der Waals surface area (Å²) in [6.45, 7) is 3.29. The fourth-order valence-electron chi connectivity index (χ4n) is 0.970. The summed E-state index contributed by atoms with van der Waals surface area (Å²) in [4.78, 5) is 21.6. The number of methoxy groups -OCH3 is 1. The first kappa shape index (κ1) is 13.7. The van der Waals surface area contributed by atoms with Crippen molar-refractivity contribution in [2.75, 3.05) is 7.11 Å². The summed E-state index contributed by atoms with van der Waals surface area (Å²) in [5.74, 6) is -3.88. The SMILES string of the molecule is C=CC[C@H](CC(=O)C(F)(F)F)C(=O)OC. The minimum atomic E-state index is -4.91. The van der Waals surface area contributed by atoms with E-state index in [1.165, 1.54) is 6.08 Å². The Hall–Kier alpha value is -1.33. The molecule has 0 bridgehead atoms. The Balaban J connectivity index is 4.48. The number of carbonyl (C=O) groups excluding carboxylic acids is 2. The highest BCUT2D eigenvalue weighted by Gasteiger charge is 2.40. The minimum Gasteiger partial charge on any atom is -0.469 e. The fraction of sp³-hybridized carbons (Fsp3) is 0.556. The second-order valence-electron chi connectivity index (χ2n) is 2.87. The summed E-state index contributed by atoms with van der Waals surface area (Å²) in [5.41, 5.74) is 0. The molecule has 1 atom stereocenters. The van der Waals surface area contributed by atoms with E-state index in [4.69, 9.17) is 0 Å². The van der Waals surface area contributed by atoms with Gasteiger partial charge in [-0.25, -0.2) is 0 Å². The fourth-order valence-corrected chi connectivity index (χ4v) is 0.970. The first-order chi connectivity index (χ1) is 6.82. The zero-order chi connectivity index (χ0) is 12.1.